The van der Waals surface area contributed by atoms with Gasteiger partial charge in [0.2, 0.25) is 0 Å². The molecule has 0 fully saturated rings. The fourth-order valence-electron chi connectivity index (χ4n) is 7.41. The van der Waals surface area contributed by atoms with Crippen LogP contribution in [0.15, 0.2) is 134 Å². The summed E-state index contributed by atoms with van der Waals surface area (Å²) in [6.45, 7) is 6.89. The van der Waals surface area contributed by atoms with Crippen LogP contribution in [0.5, 0.6) is 0 Å². The molecule has 1 nitrogen and oxygen atoms in total. The summed E-state index contributed by atoms with van der Waals surface area (Å²) in [7, 11) is 0. The molecule has 208 valence electrons. The Balaban J connectivity index is 1.40. The van der Waals surface area contributed by atoms with E-state index in [-0.39, 0.29) is 5.41 Å². The van der Waals surface area contributed by atoms with Crippen molar-refractivity contribution in [2.75, 3.05) is 0 Å². The van der Waals surface area contributed by atoms with Crippen molar-refractivity contribution >= 4 is 64.8 Å². The Kier molecular flexibility index (Phi) is 5.23. The Morgan fingerprint density at radius 3 is 1.70 bits per heavy atom. The second-order valence-electron chi connectivity index (χ2n) is 13.2. The zero-order valence-corrected chi connectivity index (χ0v) is 25.1. The molecule has 8 aromatic carbocycles. The Morgan fingerprint density at radius 2 is 1.02 bits per heavy atom. The molecule has 9 rings (SSSR count). The number of fused-ring (bicyclic) bond motifs is 3. The lowest BCUT2D eigenvalue weighted by atomic mass is 9.81. The van der Waals surface area contributed by atoms with Gasteiger partial charge in [-0.3, -0.25) is 4.98 Å². The summed E-state index contributed by atoms with van der Waals surface area (Å²) in [4.78, 5) is 4.86. The Hall–Kier alpha value is -5.27. The highest BCUT2D eigenvalue weighted by Crippen LogP contribution is 2.47. The van der Waals surface area contributed by atoms with Crippen LogP contribution in [0.1, 0.15) is 26.3 Å². The molecule has 0 aliphatic rings. The quantitative estimate of drug-likeness (QED) is 0.151. The molecule has 0 spiro atoms. The molecule has 1 heteroatoms. The number of rotatable bonds is 2. The number of para-hydroxylation sites is 1. The molecule has 0 unspecified atom stereocenters. The summed E-state index contributed by atoms with van der Waals surface area (Å²) in [5.74, 6) is 0. The van der Waals surface area contributed by atoms with Crippen LogP contribution >= 0.6 is 0 Å². The first-order valence-electron chi connectivity index (χ1n) is 15.5. The molecule has 0 aliphatic carbocycles. The molecule has 0 radical (unpaired) electrons. The van der Waals surface area contributed by atoms with Gasteiger partial charge < -0.3 is 0 Å². The number of nitrogens with zero attached hydrogens (tertiary/aromatic N) is 1. The fourth-order valence-corrected chi connectivity index (χ4v) is 7.41. The maximum Gasteiger partial charge on any atom is 0.0702 e. The van der Waals surface area contributed by atoms with E-state index in [1.54, 1.807) is 0 Å². The molecule has 0 aliphatic heterocycles. The van der Waals surface area contributed by atoms with Gasteiger partial charge in [-0.2, -0.15) is 0 Å². The van der Waals surface area contributed by atoms with Crippen molar-refractivity contribution in [3.8, 4) is 22.3 Å². The van der Waals surface area contributed by atoms with Crippen molar-refractivity contribution in [1.29, 1.82) is 0 Å². The van der Waals surface area contributed by atoms with Crippen LogP contribution in [0, 0.1) is 0 Å². The summed E-state index contributed by atoms with van der Waals surface area (Å²) >= 11 is 0. The average Bonchev–Trinajstić information content (AvgIpc) is 3.05. The first kappa shape index (κ1) is 25.2. The van der Waals surface area contributed by atoms with Crippen LogP contribution in [0.25, 0.3) is 87.0 Å². The Bertz CT molecular complexity index is 2510. The predicted octanol–water partition coefficient (Wildman–Crippen LogP) is 12.1. The van der Waals surface area contributed by atoms with Crippen molar-refractivity contribution in [3.63, 3.8) is 0 Å². The predicted molar refractivity (Wildman–Crippen MR) is 190 cm³/mol. The number of aromatic nitrogens is 1. The summed E-state index contributed by atoms with van der Waals surface area (Å²) < 4.78 is 0. The molecule has 1 heterocycles. The van der Waals surface area contributed by atoms with E-state index in [9.17, 15) is 0 Å². The lowest BCUT2D eigenvalue weighted by Crippen LogP contribution is -2.10. The largest absolute Gasteiger partial charge is 0.256 e. The normalized spacial score (nSPS) is 12.4. The van der Waals surface area contributed by atoms with Crippen LogP contribution in [-0.2, 0) is 5.41 Å². The summed E-state index contributed by atoms with van der Waals surface area (Å²) in [6.07, 6.45) is 2.04. The second kappa shape index (κ2) is 9.11. The van der Waals surface area contributed by atoms with E-state index in [1.165, 1.54) is 76.1 Å². The summed E-state index contributed by atoms with van der Waals surface area (Å²) in [5, 5.41) is 14.1. The summed E-state index contributed by atoms with van der Waals surface area (Å²) in [6, 6.07) is 47.2. The minimum atomic E-state index is 0.0930. The Labute approximate surface area is 256 Å². The van der Waals surface area contributed by atoms with Crippen molar-refractivity contribution in [1.82, 2.24) is 4.98 Å². The van der Waals surface area contributed by atoms with Gasteiger partial charge in [0.15, 0.2) is 0 Å². The molecule has 0 N–H and O–H groups in total. The maximum absolute atomic E-state index is 4.86. The molecule has 0 amide bonds. The lowest BCUT2D eigenvalue weighted by Gasteiger charge is -2.22. The van der Waals surface area contributed by atoms with Gasteiger partial charge in [-0.05, 0) is 93.7 Å². The standard InChI is InChI=1S/C43H31N/c1-43(2,3)31-23-28-17-16-26-18-20-37(36-21-19-29(24-31)39(28)41(26)36)42-34-13-7-5-11-32(34)40(33-12-6-8-14-35(33)42)30-22-27-10-4-9-15-38(27)44-25-30/h4-25H,1-3H3. The molecular weight excluding hydrogens is 530 g/mol. The van der Waals surface area contributed by atoms with Crippen molar-refractivity contribution in [2.45, 2.75) is 26.2 Å². The van der Waals surface area contributed by atoms with Gasteiger partial charge in [0, 0.05) is 17.1 Å². The molecule has 0 bridgehead atoms. The van der Waals surface area contributed by atoms with E-state index in [4.69, 9.17) is 4.98 Å². The van der Waals surface area contributed by atoms with Crippen LogP contribution < -0.4 is 0 Å². The molecule has 0 saturated carbocycles. The average molecular weight is 562 g/mol. The monoisotopic (exact) mass is 561 g/mol. The van der Waals surface area contributed by atoms with Gasteiger partial charge in [0.1, 0.15) is 0 Å². The van der Waals surface area contributed by atoms with Crippen LogP contribution in [0.2, 0.25) is 0 Å². The maximum atomic E-state index is 4.86. The highest BCUT2D eigenvalue weighted by molar-refractivity contribution is 6.29. The van der Waals surface area contributed by atoms with Gasteiger partial charge in [0.25, 0.3) is 0 Å². The molecule has 0 atom stereocenters. The molecule has 1 aromatic heterocycles. The molecule has 9 aromatic rings. The Morgan fingerprint density at radius 1 is 0.455 bits per heavy atom. The van der Waals surface area contributed by atoms with Crippen molar-refractivity contribution < 1.29 is 0 Å². The molecule has 44 heavy (non-hydrogen) atoms. The molecule has 0 saturated heterocycles. The number of hydrogen-bond acceptors (Lipinski definition) is 1. The van der Waals surface area contributed by atoms with E-state index < -0.39 is 0 Å². The minimum Gasteiger partial charge on any atom is -0.256 e. The highest BCUT2D eigenvalue weighted by atomic mass is 14.6. The van der Waals surface area contributed by atoms with Gasteiger partial charge in [-0.15, -0.1) is 0 Å². The third-order valence-electron chi connectivity index (χ3n) is 9.55. The van der Waals surface area contributed by atoms with E-state index in [0.717, 1.165) is 16.5 Å². The topological polar surface area (TPSA) is 12.9 Å². The number of hydrogen-bond donors (Lipinski definition) is 0. The third kappa shape index (κ3) is 3.63. The molecular formula is C43H31N. The van der Waals surface area contributed by atoms with Gasteiger partial charge >= 0.3 is 0 Å². The van der Waals surface area contributed by atoms with Crippen molar-refractivity contribution in [3.05, 3.63) is 139 Å². The van der Waals surface area contributed by atoms with Crippen LogP contribution in [0.3, 0.4) is 0 Å². The number of pyridine rings is 1. The van der Waals surface area contributed by atoms with Crippen LogP contribution in [0.4, 0.5) is 0 Å². The van der Waals surface area contributed by atoms with Gasteiger partial charge in [-0.1, -0.05) is 136 Å². The van der Waals surface area contributed by atoms with E-state index in [1.807, 2.05) is 6.20 Å². The van der Waals surface area contributed by atoms with E-state index in [0.29, 0.717) is 0 Å². The number of benzene rings is 8. The van der Waals surface area contributed by atoms with Crippen molar-refractivity contribution in [2.24, 2.45) is 0 Å². The van der Waals surface area contributed by atoms with E-state index >= 15 is 0 Å². The van der Waals surface area contributed by atoms with Gasteiger partial charge in [0.05, 0.1) is 5.52 Å². The van der Waals surface area contributed by atoms with E-state index in [2.05, 4.69) is 148 Å². The smallest absolute Gasteiger partial charge is 0.0702 e. The minimum absolute atomic E-state index is 0.0930. The van der Waals surface area contributed by atoms with Crippen LogP contribution in [-0.4, -0.2) is 4.98 Å². The second-order valence-corrected chi connectivity index (χ2v) is 13.2. The first-order valence-corrected chi connectivity index (χ1v) is 15.5. The van der Waals surface area contributed by atoms with Gasteiger partial charge in [-0.25, -0.2) is 0 Å². The fraction of sp³-hybridized carbons (Fsp3) is 0.0930. The first-order chi connectivity index (χ1) is 21.5. The SMILES string of the molecule is CC(C)(C)c1cc2ccc3ccc(-c4c5ccccc5c(-c5cnc6ccccc6c5)c5ccccc45)c4ccc(c1)c2c34. The highest BCUT2D eigenvalue weighted by Gasteiger charge is 2.21. The summed E-state index contributed by atoms with van der Waals surface area (Å²) in [5.41, 5.74) is 7.45. The zero-order valence-electron chi connectivity index (χ0n) is 25.1. The zero-order chi connectivity index (χ0) is 29.6. The lowest BCUT2D eigenvalue weighted by molar-refractivity contribution is 0.591. The third-order valence-corrected chi connectivity index (χ3v) is 9.55.